The van der Waals surface area contributed by atoms with Crippen LogP contribution in [0.2, 0.25) is 5.15 Å². The smallest absolute Gasteiger partial charge is 0.311 e. The molecular weight excluding hydrogens is 257 g/mol. The van der Waals surface area contributed by atoms with Crippen LogP contribution in [0.1, 0.15) is 5.69 Å². The minimum atomic E-state index is -0.328. The van der Waals surface area contributed by atoms with Crippen molar-refractivity contribution in [1.82, 2.24) is 4.98 Å². The lowest BCUT2D eigenvalue weighted by molar-refractivity contribution is -0.139. The third-order valence-electron chi connectivity index (χ3n) is 1.41. The molecule has 0 aromatic carbocycles. The lowest BCUT2D eigenvalue weighted by Gasteiger charge is -2.00. The summed E-state index contributed by atoms with van der Waals surface area (Å²) in [6, 6.07) is 3.46. The van der Waals surface area contributed by atoms with Crippen LogP contribution in [0.15, 0.2) is 16.6 Å². The summed E-state index contributed by atoms with van der Waals surface area (Å²) in [6.45, 7) is 0. The Morgan fingerprint density at radius 2 is 2.38 bits per heavy atom. The molecule has 0 N–H and O–H groups in total. The zero-order valence-corrected chi connectivity index (χ0v) is 9.22. The molecule has 70 valence electrons. The van der Waals surface area contributed by atoms with Gasteiger partial charge in [0.25, 0.3) is 0 Å². The minimum absolute atomic E-state index is 0.142. The molecule has 1 rings (SSSR count). The third kappa shape index (κ3) is 2.97. The standard InChI is InChI=1S/C8H7BrClNO2/c1-13-7(12)4-5-2-3-6(9)8(10)11-5/h2-3H,4H2,1H3. The van der Waals surface area contributed by atoms with Crippen molar-refractivity contribution in [2.75, 3.05) is 7.11 Å². The summed E-state index contributed by atoms with van der Waals surface area (Å²) in [5.41, 5.74) is 0.597. The van der Waals surface area contributed by atoms with Gasteiger partial charge < -0.3 is 4.74 Å². The first kappa shape index (κ1) is 10.5. The predicted octanol–water partition coefficient (Wildman–Crippen LogP) is 2.21. The number of carbonyl (C=O) groups is 1. The second kappa shape index (κ2) is 4.58. The highest BCUT2D eigenvalue weighted by atomic mass is 79.9. The third-order valence-corrected chi connectivity index (χ3v) is 2.57. The Labute approximate surface area is 89.2 Å². The lowest BCUT2D eigenvalue weighted by atomic mass is 10.3. The molecule has 0 aliphatic rings. The number of methoxy groups -OCH3 is 1. The highest BCUT2D eigenvalue weighted by Gasteiger charge is 2.06. The van der Waals surface area contributed by atoms with Gasteiger partial charge in [0.1, 0.15) is 5.15 Å². The van der Waals surface area contributed by atoms with Crippen LogP contribution in [-0.4, -0.2) is 18.1 Å². The van der Waals surface area contributed by atoms with Crippen LogP contribution >= 0.6 is 27.5 Å². The Balaban J connectivity index is 2.79. The average molecular weight is 265 g/mol. The van der Waals surface area contributed by atoms with Crippen LogP contribution in [0.25, 0.3) is 0 Å². The second-order valence-corrected chi connectivity index (χ2v) is 3.54. The van der Waals surface area contributed by atoms with E-state index in [0.29, 0.717) is 15.3 Å². The molecule has 0 bridgehead atoms. The maximum atomic E-state index is 10.9. The quantitative estimate of drug-likeness (QED) is 0.607. The number of carbonyl (C=O) groups excluding carboxylic acids is 1. The van der Waals surface area contributed by atoms with Crippen LogP contribution < -0.4 is 0 Å². The zero-order chi connectivity index (χ0) is 9.84. The number of hydrogen-bond donors (Lipinski definition) is 0. The Morgan fingerprint density at radius 3 is 2.92 bits per heavy atom. The average Bonchev–Trinajstić information content (AvgIpc) is 2.11. The van der Waals surface area contributed by atoms with E-state index in [1.165, 1.54) is 7.11 Å². The molecule has 0 radical (unpaired) electrons. The van der Waals surface area contributed by atoms with E-state index in [9.17, 15) is 4.79 Å². The zero-order valence-electron chi connectivity index (χ0n) is 6.88. The van der Waals surface area contributed by atoms with Gasteiger partial charge in [0, 0.05) is 0 Å². The van der Waals surface area contributed by atoms with Crippen molar-refractivity contribution >= 4 is 33.5 Å². The molecular formula is C8H7BrClNO2. The van der Waals surface area contributed by atoms with E-state index in [1.54, 1.807) is 12.1 Å². The summed E-state index contributed by atoms with van der Waals surface area (Å²) in [4.78, 5) is 14.8. The summed E-state index contributed by atoms with van der Waals surface area (Å²) in [6.07, 6.45) is 0.142. The molecule has 1 heterocycles. The molecule has 0 saturated carbocycles. The van der Waals surface area contributed by atoms with Gasteiger partial charge in [-0.1, -0.05) is 11.6 Å². The van der Waals surface area contributed by atoms with Crippen LogP contribution in [0.5, 0.6) is 0 Å². The molecule has 1 aromatic heterocycles. The maximum absolute atomic E-state index is 10.9. The summed E-state index contributed by atoms with van der Waals surface area (Å²) < 4.78 is 5.20. The SMILES string of the molecule is COC(=O)Cc1ccc(Br)c(Cl)n1. The highest BCUT2D eigenvalue weighted by Crippen LogP contribution is 2.19. The van der Waals surface area contributed by atoms with Crippen molar-refractivity contribution in [2.45, 2.75) is 6.42 Å². The first-order valence-corrected chi connectivity index (χ1v) is 4.68. The fraction of sp³-hybridized carbons (Fsp3) is 0.250. The van der Waals surface area contributed by atoms with E-state index < -0.39 is 0 Å². The molecule has 0 aliphatic heterocycles. The predicted molar refractivity (Wildman–Crippen MR) is 52.7 cm³/mol. The topological polar surface area (TPSA) is 39.2 Å². The van der Waals surface area contributed by atoms with E-state index in [0.717, 1.165) is 0 Å². The van der Waals surface area contributed by atoms with Crippen LogP contribution in [-0.2, 0) is 16.0 Å². The minimum Gasteiger partial charge on any atom is -0.469 e. The molecule has 1 aromatic rings. The molecule has 0 unspecified atom stereocenters. The molecule has 0 fully saturated rings. The summed E-state index contributed by atoms with van der Waals surface area (Å²) in [5, 5.41) is 0.349. The van der Waals surface area contributed by atoms with Gasteiger partial charge in [-0.3, -0.25) is 4.79 Å². The number of hydrogen-bond acceptors (Lipinski definition) is 3. The lowest BCUT2D eigenvalue weighted by Crippen LogP contribution is -2.05. The summed E-state index contributed by atoms with van der Waals surface area (Å²) in [7, 11) is 1.34. The molecule has 5 heteroatoms. The number of pyridine rings is 1. The molecule has 3 nitrogen and oxygen atoms in total. The highest BCUT2D eigenvalue weighted by molar-refractivity contribution is 9.10. The Hall–Kier alpha value is -0.610. The fourth-order valence-corrected chi connectivity index (χ4v) is 1.17. The van der Waals surface area contributed by atoms with Gasteiger partial charge in [-0.2, -0.15) is 0 Å². The number of esters is 1. The fourth-order valence-electron chi connectivity index (χ4n) is 0.773. The Bertz CT molecular complexity index is 330. The van der Waals surface area contributed by atoms with Gasteiger partial charge in [-0.25, -0.2) is 4.98 Å². The number of nitrogens with zero attached hydrogens (tertiary/aromatic N) is 1. The first-order valence-electron chi connectivity index (χ1n) is 3.51. The number of aromatic nitrogens is 1. The van der Waals surface area contributed by atoms with Gasteiger partial charge in [-0.15, -0.1) is 0 Å². The van der Waals surface area contributed by atoms with Crippen molar-refractivity contribution in [3.05, 3.63) is 27.5 Å². The van der Waals surface area contributed by atoms with E-state index in [4.69, 9.17) is 11.6 Å². The van der Waals surface area contributed by atoms with Crippen LogP contribution in [0, 0.1) is 0 Å². The van der Waals surface area contributed by atoms with Gasteiger partial charge in [0.05, 0.1) is 23.7 Å². The van der Waals surface area contributed by atoms with Crippen molar-refractivity contribution in [2.24, 2.45) is 0 Å². The van der Waals surface area contributed by atoms with E-state index >= 15 is 0 Å². The molecule has 0 aliphatic carbocycles. The van der Waals surface area contributed by atoms with Gasteiger partial charge in [0.2, 0.25) is 0 Å². The Kier molecular flexibility index (Phi) is 3.69. The van der Waals surface area contributed by atoms with E-state index in [-0.39, 0.29) is 12.4 Å². The molecule has 0 spiro atoms. The summed E-state index contributed by atoms with van der Waals surface area (Å²) >= 11 is 8.93. The van der Waals surface area contributed by atoms with Gasteiger partial charge >= 0.3 is 5.97 Å². The number of ether oxygens (including phenoxy) is 1. The number of halogens is 2. The molecule has 13 heavy (non-hydrogen) atoms. The Morgan fingerprint density at radius 1 is 1.69 bits per heavy atom. The molecule has 0 atom stereocenters. The van der Waals surface area contributed by atoms with Gasteiger partial charge in [-0.05, 0) is 28.1 Å². The maximum Gasteiger partial charge on any atom is 0.311 e. The van der Waals surface area contributed by atoms with Crippen molar-refractivity contribution in [3.8, 4) is 0 Å². The molecule has 0 saturated heterocycles. The van der Waals surface area contributed by atoms with E-state index in [1.807, 2.05) is 0 Å². The monoisotopic (exact) mass is 263 g/mol. The number of rotatable bonds is 2. The largest absolute Gasteiger partial charge is 0.469 e. The van der Waals surface area contributed by atoms with Crippen LogP contribution in [0.3, 0.4) is 0 Å². The van der Waals surface area contributed by atoms with Crippen molar-refractivity contribution in [3.63, 3.8) is 0 Å². The first-order chi connectivity index (χ1) is 6.13. The normalized spacial score (nSPS) is 9.77. The summed E-state index contributed by atoms with van der Waals surface area (Å²) in [5.74, 6) is -0.328. The van der Waals surface area contributed by atoms with E-state index in [2.05, 4.69) is 25.7 Å². The van der Waals surface area contributed by atoms with Gasteiger partial charge in [0.15, 0.2) is 0 Å². The van der Waals surface area contributed by atoms with Crippen molar-refractivity contribution < 1.29 is 9.53 Å². The second-order valence-electron chi connectivity index (χ2n) is 2.33. The molecule has 0 amide bonds. The van der Waals surface area contributed by atoms with Crippen molar-refractivity contribution in [1.29, 1.82) is 0 Å². The van der Waals surface area contributed by atoms with Crippen LogP contribution in [0.4, 0.5) is 0 Å².